The fraction of sp³-hybridized carbons (Fsp3) is 0.371. The molecule has 1 fully saturated rings. The van der Waals surface area contributed by atoms with Gasteiger partial charge in [-0.25, -0.2) is 0 Å². The molecule has 3 nitrogen and oxygen atoms in total. The molecule has 0 bridgehead atoms. The summed E-state index contributed by atoms with van der Waals surface area (Å²) in [4.78, 5) is 2.51. The van der Waals surface area contributed by atoms with E-state index in [2.05, 4.69) is 130 Å². The molecule has 4 heteroatoms. The van der Waals surface area contributed by atoms with Crippen LogP contribution in [0.5, 0.6) is 0 Å². The maximum atomic E-state index is 11.4. The minimum atomic E-state index is -2.68. The van der Waals surface area contributed by atoms with Crippen LogP contribution in [0.2, 0.25) is 5.04 Å². The first-order chi connectivity index (χ1) is 18.8. The van der Waals surface area contributed by atoms with Gasteiger partial charge < -0.3 is 9.53 Å². The van der Waals surface area contributed by atoms with Crippen LogP contribution >= 0.6 is 0 Å². The average molecular weight is 540 g/mol. The topological polar surface area (TPSA) is 32.7 Å². The van der Waals surface area contributed by atoms with Crippen LogP contribution in [-0.4, -0.2) is 42.6 Å². The highest BCUT2D eigenvalue weighted by atomic mass is 28.4. The number of benzene rings is 3. The standard InChI is InChI=1S/C35H45NO2Si/c1-6-25-35(33(37)7-2)26-17-20-30(36(35)27-29-18-11-8-12-19-29)28-38-39(34(3,4)5,31-21-13-9-14-22-31)32-23-15-10-16-24-32/h6-16,18-19,21-24,30,33,37H,1-2,17,20,25-28H2,3-5H3/t30-,33+,35+/m1/s1. The molecule has 0 spiro atoms. The molecule has 1 saturated heterocycles. The number of aliphatic hydroxyl groups excluding tert-OH is 1. The van der Waals surface area contributed by atoms with Gasteiger partial charge in [-0.3, -0.25) is 4.90 Å². The van der Waals surface area contributed by atoms with Gasteiger partial charge in [-0.15, -0.1) is 13.2 Å². The third-order valence-electron chi connectivity index (χ3n) is 8.54. The molecule has 1 aliphatic rings. The molecule has 1 heterocycles. The number of likely N-dealkylation sites (tertiary alicyclic amines) is 1. The van der Waals surface area contributed by atoms with E-state index < -0.39 is 20.0 Å². The quantitative estimate of drug-likeness (QED) is 0.224. The van der Waals surface area contributed by atoms with Crippen molar-refractivity contribution in [1.29, 1.82) is 0 Å². The van der Waals surface area contributed by atoms with Crippen LogP contribution in [-0.2, 0) is 11.0 Å². The molecule has 0 amide bonds. The third kappa shape index (κ3) is 5.90. The Balaban J connectivity index is 1.78. The van der Waals surface area contributed by atoms with Crippen molar-refractivity contribution >= 4 is 18.7 Å². The first-order valence-electron chi connectivity index (χ1n) is 14.3. The lowest BCUT2D eigenvalue weighted by Crippen LogP contribution is -2.68. The SMILES string of the molecule is C=CC[C@@]1([C@@H](O)C=C)CCC[C@H](CO[Si](c2ccccc2)(c2ccccc2)C(C)(C)C)N1Cc1ccccc1. The number of hydrogen-bond acceptors (Lipinski definition) is 3. The van der Waals surface area contributed by atoms with Gasteiger partial charge in [-0.05, 0) is 46.7 Å². The van der Waals surface area contributed by atoms with Gasteiger partial charge >= 0.3 is 0 Å². The molecule has 0 radical (unpaired) electrons. The van der Waals surface area contributed by atoms with Crippen molar-refractivity contribution in [3.05, 3.63) is 122 Å². The fourth-order valence-corrected chi connectivity index (χ4v) is 11.3. The Morgan fingerprint density at radius 3 is 1.97 bits per heavy atom. The van der Waals surface area contributed by atoms with E-state index in [0.717, 1.165) is 25.8 Å². The van der Waals surface area contributed by atoms with Crippen LogP contribution in [0.15, 0.2) is 116 Å². The van der Waals surface area contributed by atoms with Gasteiger partial charge in [0.2, 0.25) is 0 Å². The summed E-state index contributed by atoms with van der Waals surface area (Å²) in [6.07, 6.45) is 6.64. The monoisotopic (exact) mass is 539 g/mol. The molecule has 0 unspecified atom stereocenters. The molecular weight excluding hydrogens is 494 g/mol. The van der Waals surface area contributed by atoms with Crippen LogP contribution in [0.4, 0.5) is 0 Å². The molecule has 39 heavy (non-hydrogen) atoms. The van der Waals surface area contributed by atoms with E-state index in [4.69, 9.17) is 4.43 Å². The van der Waals surface area contributed by atoms with Gasteiger partial charge in [0.15, 0.2) is 0 Å². The minimum Gasteiger partial charge on any atom is -0.406 e. The number of rotatable bonds is 11. The lowest BCUT2D eigenvalue weighted by molar-refractivity contribution is -0.0796. The van der Waals surface area contributed by atoms with Gasteiger partial charge in [0, 0.05) is 12.6 Å². The van der Waals surface area contributed by atoms with Crippen LogP contribution in [0.1, 0.15) is 52.0 Å². The van der Waals surface area contributed by atoms with Gasteiger partial charge in [0.05, 0.1) is 18.2 Å². The molecular formula is C35H45NO2Si. The molecule has 0 aliphatic carbocycles. The number of aliphatic hydroxyl groups is 1. The Bertz CT molecular complexity index is 1150. The fourth-order valence-electron chi connectivity index (χ4n) is 6.66. The van der Waals surface area contributed by atoms with E-state index in [9.17, 15) is 5.11 Å². The molecule has 3 atom stereocenters. The third-order valence-corrected chi connectivity index (χ3v) is 13.5. The van der Waals surface area contributed by atoms with E-state index in [1.165, 1.54) is 15.9 Å². The molecule has 206 valence electrons. The number of hydrogen-bond donors (Lipinski definition) is 1. The Morgan fingerprint density at radius 1 is 0.949 bits per heavy atom. The summed E-state index contributed by atoms with van der Waals surface area (Å²) in [7, 11) is -2.68. The van der Waals surface area contributed by atoms with E-state index in [1.54, 1.807) is 6.08 Å². The van der Waals surface area contributed by atoms with Crippen molar-refractivity contribution in [2.75, 3.05) is 6.61 Å². The lowest BCUT2D eigenvalue weighted by atomic mass is 9.76. The predicted octanol–water partition coefficient (Wildman–Crippen LogP) is 6.48. The maximum absolute atomic E-state index is 11.4. The van der Waals surface area contributed by atoms with Crippen molar-refractivity contribution in [3.8, 4) is 0 Å². The highest BCUT2D eigenvalue weighted by molar-refractivity contribution is 6.99. The Morgan fingerprint density at radius 2 is 1.49 bits per heavy atom. The second kappa shape index (κ2) is 12.6. The largest absolute Gasteiger partial charge is 0.406 e. The zero-order valence-corrected chi connectivity index (χ0v) is 24.9. The molecule has 3 aromatic rings. The van der Waals surface area contributed by atoms with Gasteiger partial charge in [0.1, 0.15) is 0 Å². The molecule has 1 aliphatic heterocycles. The minimum absolute atomic E-state index is 0.0898. The predicted molar refractivity (Wildman–Crippen MR) is 167 cm³/mol. The zero-order chi connectivity index (χ0) is 27.9. The number of nitrogens with zero attached hydrogens (tertiary/aromatic N) is 1. The lowest BCUT2D eigenvalue weighted by Gasteiger charge is -2.54. The van der Waals surface area contributed by atoms with Crippen LogP contribution in [0, 0.1) is 0 Å². The van der Waals surface area contributed by atoms with Crippen molar-refractivity contribution in [2.24, 2.45) is 0 Å². The van der Waals surface area contributed by atoms with E-state index in [0.29, 0.717) is 13.0 Å². The summed E-state index contributed by atoms with van der Waals surface area (Å²) >= 11 is 0. The second-order valence-corrected chi connectivity index (χ2v) is 16.2. The molecule has 0 aromatic heterocycles. The highest BCUT2D eigenvalue weighted by Crippen LogP contribution is 2.42. The van der Waals surface area contributed by atoms with Crippen molar-refractivity contribution < 1.29 is 9.53 Å². The summed E-state index contributed by atoms with van der Waals surface area (Å²) < 4.78 is 7.42. The van der Waals surface area contributed by atoms with Crippen molar-refractivity contribution in [3.63, 3.8) is 0 Å². The maximum Gasteiger partial charge on any atom is 0.261 e. The number of piperidine rings is 1. The second-order valence-electron chi connectivity index (χ2n) is 11.9. The van der Waals surface area contributed by atoms with E-state index in [-0.39, 0.29) is 11.1 Å². The van der Waals surface area contributed by atoms with Gasteiger partial charge in [-0.1, -0.05) is 124 Å². The first kappa shape index (κ1) is 29.2. The van der Waals surface area contributed by atoms with Crippen molar-refractivity contribution in [1.82, 2.24) is 4.90 Å². The van der Waals surface area contributed by atoms with Crippen molar-refractivity contribution in [2.45, 2.75) is 75.7 Å². The average Bonchev–Trinajstić information content (AvgIpc) is 2.95. The highest BCUT2D eigenvalue weighted by Gasteiger charge is 2.52. The normalized spacial score (nSPS) is 21.3. The molecule has 3 aromatic carbocycles. The molecule has 0 saturated carbocycles. The van der Waals surface area contributed by atoms with Crippen LogP contribution in [0.3, 0.4) is 0 Å². The Hall–Kier alpha value is -2.76. The van der Waals surface area contributed by atoms with E-state index >= 15 is 0 Å². The van der Waals surface area contributed by atoms with E-state index in [1.807, 2.05) is 6.08 Å². The van der Waals surface area contributed by atoms with Crippen LogP contribution in [0.25, 0.3) is 0 Å². The molecule has 4 rings (SSSR count). The smallest absolute Gasteiger partial charge is 0.261 e. The first-order valence-corrected chi connectivity index (χ1v) is 16.2. The zero-order valence-electron chi connectivity index (χ0n) is 23.9. The summed E-state index contributed by atoms with van der Waals surface area (Å²) in [6.45, 7) is 16.4. The Labute approximate surface area is 237 Å². The van der Waals surface area contributed by atoms with Crippen LogP contribution < -0.4 is 10.4 Å². The molecule has 1 N–H and O–H groups in total. The Kier molecular flexibility index (Phi) is 9.45. The summed E-state index contributed by atoms with van der Waals surface area (Å²) in [5.74, 6) is 0. The van der Waals surface area contributed by atoms with Gasteiger partial charge in [0.25, 0.3) is 8.32 Å². The summed E-state index contributed by atoms with van der Waals surface area (Å²) in [5, 5.41) is 13.9. The summed E-state index contributed by atoms with van der Waals surface area (Å²) in [5.41, 5.74) is 0.774. The summed E-state index contributed by atoms with van der Waals surface area (Å²) in [6, 6.07) is 32.4. The van der Waals surface area contributed by atoms with Gasteiger partial charge in [-0.2, -0.15) is 0 Å².